The first kappa shape index (κ1) is 19.8. The minimum absolute atomic E-state index is 0.140. The predicted molar refractivity (Wildman–Crippen MR) is 112 cm³/mol. The van der Waals surface area contributed by atoms with Crippen LogP contribution in [0.4, 0.5) is 15.8 Å². The van der Waals surface area contributed by atoms with Gasteiger partial charge >= 0.3 is 0 Å². The van der Waals surface area contributed by atoms with Gasteiger partial charge in [0.15, 0.2) is 11.7 Å². The van der Waals surface area contributed by atoms with E-state index in [0.29, 0.717) is 30.2 Å². The zero-order valence-corrected chi connectivity index (χ0v) is 16.7. The Bertz CT molecular complexity index is 1080. The molecule has 2 amide bonds. The van der Waals surface area contributed by atoms with Gasteiger partial charge in [0.2, 0.25) is 11.8 Å². The maximum absolute atomic E-state index is 13.0. The number of amides is 2. The summed E-state index contributed by atoms with van der Waals surface area (Å²) in [4.78, 5) is 30.2. The van der Waals surface area contributed by atoms with Crippen molar-refractivity contribution in [2.75, 3.05) is 16.8 Å². The van der Waals surface area contributed by atoms with Gasteiger partial charge in [0.05, 0.1) is 6.20 Å². The third-order valence-electron chi connectivity index (χ3n) is 5.09. The number of carbonyl (C=O) groups excluding carboxylic acids is 2. The zero-order chi connectivity index (χ0) is 21.1. The maximum atomic E-state index is 13.0. The lowest BCUT2D eigenvalue weighted by molar-refractivity contribution is -0.117. The van der Waals surface area contributed by atoms with Crippen molar-refractivity contribution in [3.8, 4) is 11.3 Å². The molecule has 0 atom stereocenters. The van der Waals surface area contributed by atoms with Crippen molar-refractivity contribution >= 4 is 23.2 Å². The Labute approximate surface area is 173 Å². The second-order valence-electron chi connectivity index (χ2n) is 7.32. The molecule has 4 rings (SSSR count). The summed E-state index contributed by atoms with van der Waals surface area (Å²) in [6.07, 6.45) is 3.60. The SMILES string of the molecule is Cc1cc(NC(=O)CCc2ncc(-c3ccc(F)cc3)o2)ccc1N1CCCC1=O. The van der Waals surface area contributed by atoms with Crippen molar-refractivity contribution in [1.29, 1.82) is 0 Å². The lowest BCUT2D eigenvalue weighted by atomic mass is 10.1. The number of aromatic nitrogens is 1. The van der Waals surface area contributed by atoms with Crippen LogP contribution in [0.15, 0.2) is 53.1 Å². The Morgan fingerprint density at radius 3 is 2.73 bits per heavy atom. The van der Waals surface area contributed by atoms with Crippen molar-refractivity contribution in [3.05, 3.63) is 65.9 Å². The van der Waals surface area contributed by atoms with Gasteiger partial charge in [-0.25, -0.2) is 9.37 Å². The fourth-order valence-corrected chi connectivity index (χ4v) is 3.56. The molecule has 1 N–H and O–H groups in total. The molecule has 0 spiro atoms. The number of rotatable bonds is 6. The smallest absolute Gasteiger partial charge is 0.227 e. The van der Waals surface area contributed by atoms with E-state index in [9.17, 15) is 14.0 Å². The predicted octanol–water partition coefficient (Wildman–Crippen LogP) is 4.49. The molecule has 0 aliphatic carbocycles. The maximum Gasteiger partial charge on any atom is 0.227 e. The second kappa shape index (κ2) is 8.49. The van der Waals surface area contributed by atoms with Gasteiger partial charge < -0.3 is 14.6 Å². The molecular weight excluding hydrogens is 385 g/mol. The molecule has 7 heteroatoms. The van der Waals surface area contributed by atoms with Gasteiger partial charge in [-0.2, -0.15) is 0 Å². The van der Waals surface area contributed by atoms with Crippen molar-refractivity contribution in [3.63, 3.8) is 0 Å². The van der Waals surface area contributed by atoms with Crippen molar-refractivity contribution in [2.45, 2.75) is 32.6 Å². The highest BCUT2D eigenvalue weighted by Gasteiger charge is 2.23. The van der Waals surface area contributed by atoms with E-state index in [0.717, 1.165) is 29.8 Å². The molecule has 0 unspecified atom stereocenters. The Hall–Kier alpha value is -3.48. The summed E-state index contributed by atoms with van der Waals surface area (Å²) in [5.41, 5.74) is 3.25. The van der Waals surface area contributed by atoms with Crippen LogP contribution >= 0.6 is 0 Å². The van der Waals surface area contributed by atoms with E-state index >= 15 is 0 Å². The highest BCUT2D eigenvalue weighted by molar-refractivity contribution is 5.97. The molecule has 3 aromatic rings. The Balaban J connectivity index is 1.33. The highest BCUT2D eigenvalue weighted by Crippen LogP contribution is 2.27. The van der Waals surface area contributed by atoms with Crippen LogP contribution in [0.2, 0.25) is 0 Å². The van der Waals surface area contributed by atoms with Gasteiger partial charge in [-0.05, 0) is 61.4 Å². The van der Waals surface area contributed by atoms with Crippen molar-refractivity contribution in [2.24, 2.45) is 0 Å². The minimum Gasteiger partial charge on any atom is -0.441 e. The first-order valence-electron chi connectivity index (χ1n) is 9.91. The summed E-state index contributed by atoms with van der Waals surface area (Å²) in [7, 11) is 0. The normalized spacial score (nSPS) is 13.7. The summed E-state index contributed by atoms with van der Waals surface area (Å²) in [6, 6.07) is 11.5. The van der Waals surface area contributed by atoms with Gasteiger partial charge in [-0.1, -0.05) is 0 Å². The third-order valence-corrected chi connectivity index (χ3v) is 5.09. The molecule has 1 fully saturated rings. The number of hydrogen-bond acceptors (Lipinski definition) is 4. The lowest BCUT2D eigenvalue weighted by Gasteiger charge is -2.19. The van der Waals surface area contributed by atoms with E-state index in [1.807, 2.05) is 25.1 Å². The monoisotopic (exact) mass is 407 g/mol. The second-order valence-corrected chi connectivity index (χ2v) is 7.32. The van der Waals surface area contributed by atoms with E-state index in [1.165, 1.54) is 12.1 Å². The van der Waals surface area contributed by atoms with Crippen LogP contribution in [0.5, 0.6) is 0 Å². The number of oxazole rings is 1. The molecule has 30 heavy (non-hydrogen) atoms. The highest BCUT2D eigenvalue weighted by atomic mass is 19.1. The fraction of sp³-hybridized carbons (Fsp3) is 0.261. The van der Waals surface area contributed by atoms with Crippen LogP contribution in [-0.4, -0.2) is 23.3 Å². The summed E-state index contributed by atoms with van der Waals surface area (Å²) >= 11 is 0. The average Bonchev–Trinajstić information content (AvgIpc) is 3.36. The Morgan fingerprint density at radius 1 is 1.23 bits per heavy atom. The molecule has 2 aromatic carbocycles. The summed E-state index contributed by atoms with van der Waals surface area (Å²) in [5.74, 6) is 0.656. The van der Waals surface area contributed by atoms with E-state index in [-0.39, 0.29) is 24.1 Å². The molecule has 1 aromatic heterocycles. The fourth-order valence-electron chi connectivity index (χ4n) is 3.56. The van der Waals surface area contributed by atoms with Crippen LogP contribution in [0, 0.1) is 12.7 Å². The van der Waals surface area contributed by atoms with Crippen LogP contribution in [-0.2, 0) is 16.0 Å². The minimum atomic E-state index is -0.314. The van der Waals surface area contributed by atoms with Crippen LogP contribution in [0.25, 0.3) is 11.3 Å². The molecule has 6 nitrogen and oxygen atoms in total. The molecular formula is C23H22FN3O3. The number of hydrogen-bond donors (Lipinski definition) is 1. The quantitative estimate of drug-likeness (QED) is 0.653. The first-order valence-corrected chi connectivity index (χ1v) is 9.91. The number of benzene rings is 2. The van der Waals surface area contributed by atoms with Crippen molar-refractivity contribution in [1.82, 2.24) is 4.98 Å². The van der Waals surface area contributed by atoms with Gasteiger partial charge in [0, 0.05) is 42.7 Å². The van der Waals surface area contributed by atoms with Crippen LogP contribution in [0.1, 0.15) is 30.7 Å². The van der Waals surface area contributed by atoms with Crippen LogP contribution < -0.4 is 10.2 Å². The number of halogens is 1. The number of nitrogens with one attached hydrogen (secondary N) is 1. The van der Waals surface area contributed by atoms with Gasteiger partial charge in [0.25, 0.3) is 0 Å². The summed E-state index contributed by atoms with van der Waals surface area (Å²) in [5, 5.41) is 2.87. The lowest BCUT2D eigenvalue weighted by Crippen LogP contribution is -2.24. The molecule has 1 saturated heterocycles. The van der Waals surface area contributed by atoms with Gasteiger partial charge in [0.1, 0.15) is 5.82 Å². The molecule has 0 radical (unpaired) electrons. The number of nitrogens with zero attached hydrogens (tertiary/aromatic N) is 2. The first-order chi connectivity index (χ1) is 14.5. The molecule has 0 saturated carbocycles. The molecule has 1 aliphatic rings. The summed E-state index contributed by atoms with van der Waals surface area (Å²) in [6.45, 7) is 2.67. The van der Waals surface area contributed by atoms with Crippen LogP contribution in [0.3, 0.4) is 0 Å². The molecule has 154 valence electrons. The summed E-state index contributed by atoms with van der Waals surface area (Å²) < 4.78 is 18.7. The number of carbonyl (C=O) groups is 2. The largest absolute Gasteiger partial charge is 0.441 e. The standard InChI is InChI=1S/C23H22FN3O3/c1-15-13-18(8-9-19(15)27-12-2-3-23(27)29)26-21(28)10-11-22-25-14-20(30-22)16-4-6-17(24)7-5-16/h4-9,13-14H,2-3,10-12H2,1H3,(H,26,28). The third kappa shape index (κ3) is 4.40. The average molecular weight is 407 g/mol. The van der Waals surface area contributed by atoms with E-state index in [2.05, 4.69) is 10.3 Å². The zero-order valence-electron chi connectivity index (χ0n) is 16.7. The van der Waals surface area contributed by atoms with Gasteiger partial charge in [-0.15, -0.1) is 0 Å². The topological polar surface area (TPSA) is 75.4 Å². The van der Waals surface area contributed by atoms with Gasteiger partial charge in [-0.3, -0.25) is 9.59 Å². The Kier molecular flexibility index (Phi) is 5.61. The molecule has 2 heterocycles. The van der Waals surface area contributed by atoms with E-state index < -0.39 is 0 Å². The van der Waals surface area contributed by atoms with E-state index in [1.54, 1.807) is 23.2 Å². The Morgan fingerprint density at radius 2 is 2.03 bits per heavy atom. The number of aryl methyl sites for hydroxylation is 2. The molecule has 0 bridgehead atoms. The van der Waals surface area contributed by atoms with Crippen molar-refractivity contribution < 1.29 is 18.4 Å². The number of anilines is 2. The van der Waals surface area contributed by atoms with E-state index in [4.69, 9.17) is 4.42 Å². The molecule has 1 aliphatic heterocycles.